The highest BCUT2D eigenvalue weighted by Gasteiger charge is 2.22. The molecule has 6 aromatic rings. The molecule has 2 aromatic heterocycles. The van der Waals surface area contributed by atoms with E-state index in [4.69, 9.17) is 19.4 Å². The molecule has 170 valence electrons. The first-order valence-electron chi connectivity index (χ1n) is 11.8. The minimum atomic E-state index is -0.238. The summed E-state index contributed by atoms with van der Waals surface area (Å²) in [5.74, 6) is 2.03. The number of benzene rings is 4. The predicted octanol–water partition coefficient (Wildman–Crippen LogP) is 8.07. The SMILES string of the molecule is CC(C)(C)c1nc(-c2ccc(-c3ccccc3)cc2)nc(-c2cccc3c2oc2ccccc23)n1. The summed E-state index contributed by atoms with van der Waals surface area (Å²) in [4.78, 5) is 14.7. The second kappa shape index (κ2) is 8.17. The maximum absolute atomic E-state index is 6.27. The van der Waals surface area contributed by atoms with Crippen molar-refractivity contribution in [2.24, 2.45) is 0 Å². The number of aromatic nitrogens is 3. The van der Waals surface area contributed by atoms with Gasteiger partial charge >= 0.3 is 0 Å². The third-order valence-corrected chi connectivity index (χ3v) is 6.20. The summed E-state index contributed by atoms with van der Waals surface area (Å²) in [6.07, 6.45) is 0. The maximum Gasteiger partial charge on any atom is 0.167 e. The minimum absolute atomic E-state index is 0.238. The summed E-state index contributed by atoms with van der Waals surface area (Å²) in [7, 11) is 0. The van der Waals surface area contributed by atoms with Crippen LogP contribution in [0.15, 0.2) is 101 Å². The van der Waals surface area contributed by atoms with Crippen LogP contribution in [0, 0.1) is 0 Å². The average Bonchev–Trinajstić information content (AvgIpc) is 3.27. The van der Waals surface area contributed by atoms with Gasteiger partial charge in [-0.15, -0.1) is 0 Å². The molecule has 0 aliphatic rings. The third-order valence-electron chi connectivity index (χ3n) is 6.20. The van der Waals surface area contributed by atoms with Gasteiger partial charge < -0.3 is 4.42 Å². The van der Waals surface area contributed by atoms with Crippen LogP contribution in [-0.2, 0) is 5.41 Å². The average molecular weight is 456 g/mol. The zero-order valence-electron chi connectivity index (χ0n) is 20.0. The Morgan fingerprint density at radius 2 is 1.17 bits per heavy atom. The molecular weight excluding hydrogens is 430 g/mol. The van der Waals surface area contributed by atoms with Crippen LogP contribution in [0.4, 0.5) is 0 Å². The molecule has 0 amide bonds. The Balaban J connectivity index is 1.52. The fourth-order valence-corrected chi connectivity index (χ4v) is 4.33. The molecule has 0 aliphatic heterocycles. The maximum atomic E-state index is 6.27. The van der Waals surface area contributed by atoms with Gasteiger partial charge in [0.15, 0.2) is 11.6 Å². The van der Waals surface area contributed by atoms with Gasteiger partial charge in [-0.1, -0.05) is 106 Å². The van der Waals surface area contributed by atoms with E-state index in [2.05, 4.69) is 81.4 Å². The highest BCUT2D eigenvalue weighted by Crippen LogP contribution is 2.35. The normalized spacial score (nSPS) is 11.9. The molecule has 0 radical (unpaired) electrons. The Morgan fingerprint density at radius 3 is 1.94 bits per heavy atom. The quantitative estimate of drug-likeness (QED) is 0.271. The van der Waals surface area contributed by atoms with E-state index in [1.807, 2.05) is 36.4 Å². The monoisotopic (exact) mass is 455 g/mol. The lowest BCUT2D eigenvalue weighted by molar-refractivity contribution is 0.543. The van der Waals surface area contributed by atoms with Crippen molar-refractivity contribution < 1.29 is 4.42 Å². The first-order chi connectivity index (χ1) is 17.0. The summed E-state index contributed by atoms with van der Waals surface area (Å²) in [5, 5.41) is 2.15. The second-order valence-electron chi connectivity index (χ2n) is 9.78. The van der Waals surface area contributed by atoms with Crippen molar-refractivity contribution in [3.05, 3.63) is 103 Å². The van der Waals surface area contributed by atoms with E-state index in [1.54, 1.807) is 0 Å². The largest absolute Gasteiger partial charge is 0.455 e. The molecule has 35 heavy (non-hydrogen) atoms. The summed E-state index contributed by atoms with van der Waals surface area (Å²) in [6, 6.07) is 33.0. The number of para-hydroxylation sites is 2. The number of fused-ring (bicyclic) bond motifs is 3. The summed E-state index contributed by atoms with van der Waals surface area (Å²) >= 11 is 0. The van der Waals surface area contributed by atoms with Crippen LogP contribution >= 0.6 is 0 Å². The van der Waals surface area contributed by atoms with E-state index in [0.29, 0.717) is 11.6 Å². The van der Waals surface area contributed by atoms with E-state index in [-0.39, 0.29) is 5.41 Å². The molecule has 4 heteroatoms. The van der Waals surface area contributed by atoms with Crippen LogP contribution < -0.4 is 0 Å². The zero-order chi connectivity index (χ0) is 24.0. The van der Waals surface area contributed by atoms with Gasteiger partial charge in [0.2, 0.25) is 0 Å². The number of hydrogen-bond acceptors (Lipinski definition) is 4. The van der Waals surface area contributed by atoms with Crippen LogP contribution in [0.1, 0.15) is 26.6 Å². The molecule has 0 spiro atoms. The van der Waals surface area contributed by atoms with Crippen molar-refractivity contribution in [3.8, 4) is 33.9 Å². The van der Waals surface area contributed by atoms with Crippen LogP contribution in [0.3, 0.4) is 0 Å². The van der Waals surface area contributed by atoms with E-state index in [9.17, 15) is 0 Å². The predicted molar refractivity (Wildman–Crippen MR) is 142 cm³/mol. The van der Waals surface area contributed by atoms with Gasteiger partial charge in [-0.25, -0.2) is 15.0 Å². The van der Waals surface area contributed by atoms with E-state index >= 15 is 0 Å². The topological polar surface area (TPSA) is 51.8 Å². The number of rotatable bonds is 3. The lowest BCUT2D eigenvalue weighted by Gasteiger charge is -2.18. The fourth-order valence-electron chi connectivity index (χ4n) is 4.33. The fraction of sp³-hybridized carbons (Fsp3) is 0.129. The molecule has 0 N–H and O–H groups in total. The Morgan fingerprint density at radius 1 is 0.543 bits per heavy atom. The van der Waals surface area contributed by atoms with Crippen LogP contribution in [0.25, 0.3) is 55.8 Å². The highest BCUT2D eigenvalue weighted by molar-refractivity contribution is 6.09. The van der Waals surface area contributed by atoms with E-state index in [1.165, 1.54) is 5.56 Å². The molecule has 0 saturated carbocycles. The van der Waals surface area contributed by atoms with Crippen molar-refractivity contribution >= 4 is 21.9 Å². The standard InChI is InChI=1S/C31H25N3O/c1-31(2,3)30-33-28(22-18-16-21(17-19-22)20-10-5-4-6-11-20)32-29(34-30)25-14-9-13-24-23-12-7-8-15-26(23)35-27(24)25/h4-19H,1-3H3. The molecule has 6 rings (SSSR count). The number of nitrogens with zero attached hydrogens (tertiary/aromatic N) is 3. The first-order valence-corrected chi connectivity index (χ1v) is 11.8. The molecule has 4 nitrogen and oxygen atoms in total. The lowest BCUT2D eigenvalue weighted by atomic mass is 9.95. The van der Waals surface area contributed by atoms with E-state index < -0.39 is 0 Å². The smallest absolute Gasteiger partial charge is 0.167 e. The molecular formula is C31H25N3O. The van der Waals surface area contributed by atoms with Gasteiger partial charge in [-0.3, -0.25) is 0 Å². The van der Waals surface area contributed by atoms with Crippen LogP contribution in [0.2, 0.25) is 0 Å². The summed E-state index contributed by atoms with van der Waals surface area (Å²) in [6.45, 7) is 6.36. The number of furan rings is 1. The second-order valence-corrected chi connectivity index (χ2v) is 9.78. The first kappa shape index (κ1) is 21.2. The number of hydrogen-bond donors (Lipinski definition) is 0. The molecule has 0 unspecified atom stereocenters. The van der Waals surface area contributed by atoms with Crippen molar-refractivity contribution in [3.63, 3.8) is 0 Å². The molecule has 0 atom stereocenters. The third kappa shape index (κ3) is 3.87. The zero-order valence-corrected chi connectivity index (χ0v) is 20.0. The molecule has 4 aromatic carbocycles. The molecule has 0 bridgehead atoms. The molecule has 2 heterocycles. The van der Waals surface area contributed by atoms with Gasteiger partial charge in [0, 0.05) is 21.8 Å². The van der Waals surface area contributed by atoms with Crippen LogP contribution in [-0.4, -0.2) is 15.0 Å². The van der Waals surface area contributed by atoms with E-state index in [0.717, 1.165) is 44.5 Å². The van der Waals surface area contributed by atoms with Gasteiger partial charge in [0.25, 0.3) is 0 Å². The summed E-state index contributed by atoms with van der Waals surface area (Å²) < 4.78 is 6.27. The van der Waals surface area contributed by atoms with Crippen molar-refractivity contribution in [1.82, 2.24) is 15.0 Å². The van der Waals surface area contributed by atoms with Gasteiger partial charge in [0.05, 0.1) is 5.56 Å². The van der Waals surface area contributed by atoms with Crippen molar-refractivity contribution in [2.75, 3.05) is 0 Å². The van der Waals surface area contributed by atoms with Crippen LogP contribution in [0.5, 0.6) is 0 Å². The van der Waals surface area contributed by atoms with Crippen molar-refractivity contribution in [2.45, 2.75) is 26.2 Å². The molecule has 0 aliphatic carbocycles. The van der Waals surface area contributed by atoms with Gasteiger partial charge in [-0.2, -0.15) is 0 Å². The van der Waals surface area contributed by atoms with Crippen molar-refractivity contribution in [1.29, 1.82) is 0 Å². The Kier molecular flexibility index (Phi) is 4.96. The molecule has 0 saturated heterocycles. The highest BCUT2D eigenvalue weighted by atomic mass is 16.3. The lowest BCUT2D eigenvalue weighted by Crippen LogP contribution is -2.18. The van der Waals surface area contributed by atoms with Gasteiger partial charge in [-0.05, 0) is 23.3 Å². The summed E-state index contributed by atoms with van der Waals surface area (Å²) in [5.41, 5.74) is 5.58. The minimum Gasteiger partial charge on any atom is -0.455 e. The Hall–Kier alpha value is -4.31. The Labute approximate surface area is 204 Å². The van der Waals surface area contributed by atoms with Gasteiger partial charge in [0.1, 0.15) is 17.0 Å². The Bertz CT molecular complexity index is 1660. The molecule has 0 fully saturated rings.